The first kappa shape index (κ1) is 6.96. The fourth-order valence-corrected chi connectivity index (χ4v) is 0.539. The zero-order valence-corrected chi connectivity index (χ0v) is 5.07. The summed E-state index contributed by atoms with van der Waals surface area (Å²) in [7, 11) is 0. The molecule has 1 nitrogen and oxygen atoms in total. The van der Waals surface area contributed by atoms with Crippen molar-refractivity contribution in [3.63, 3.8) is 0 Å². The first-order chi connectivity index (χ1) is 3.06. The van der Waals surface area contributed by atoms with E-state index < -0.39 is 5.60 Å². The van der Waals surface area contributed by atoms with Gasteiger partial charge < -0.3 is 5.11 Å². The molecule has 0 aliphatic rings. The predicted molar refractivity (Wildman–Crippen MR) is 30.9 cm³/mol. The highest BCUT2D eigenvalue weighted by Gasteiger charge is 2.08. The lowest BCUT2D eigenvalue weighted by Gasteiger charge is -2.13. The normalized spacial score (nSPS) is 12.0. The Morgan fingerprint density at radius 3 is 2.14 bits per heavy atom. The Kier molecular flexibility index (Phi) is 2.30. The smallest absolute Gasteiger partial charge is 0.0620 e. The van der Waals surface area contributed by atoms with Crippen LogP contribution in [0.1, 0.15) is 26.7 Å². The lowest BCUT2D eigenvalue weighted by Crippen LogP contribution is -2.17. The maximum Gasteiger partial charge on any atom is 0.0620 e. The van der Waals surface area contributed by atoms with Gasteiger partial charge in [0.15, 0.2) is 0 Å². The SMILES string of the molecule is [CH2]C(C)(O)CCC. The van der Waals surface area contributed by atoms with Crippen LogP contribution in [-0.2, 0) is 0 Å². The standard InChI is InChI=1S/C6H13O/c1-4-5-6(2,3)7/h7H,2,4-5H2,1,3H3. The van der Waals surface area contributed by atoms with Crippen LogP contribution in [-0.4, -0.2) is 10.7 Å². The van der Waals surface area contributed by atoms with E-state index in [1.54, 1.807) is 6.92 Å². The molecule has 0 rings (SSSR count). The molecule has 1 radical (unpaired) electrons. The van der Waals surface area contributed by atoms with E-state index in [2.05, 4.69) is 6.92 Å². The largest absolute Gasteiger partial charge is 0.390 e. The van der Waals surface area contributed by atoms with Crippen molar-refractivity contribution in [2.75, 3.05) is 0 Å². The maximum atomic E-state index is 8.91. The van der Waals surface area contributed by atoms with E-state index in [1.165, 1.54) is 0 Å². The van der Waals surface area contributed by atoms with Crippen LogP contribution in [0.15, 0.2) is 0 Å². The Morgan fingerprint density at radius 2 is 2.14 bits per heavy atom. The van der Waals surface area contributed by atoms with Crippen LogP contribution in [0.2, 0.25) is 0 Å². The van der Waals surface area contributed by atoms with Crippen LogP contribution in [0, 0.1) is 6.92 Å². The molecule has 1 unspecified atom stereocenters. The molecule has 0 saturated carbocycles. The van der Waals surface area contributed by atoms with Gasteiger partial charge in [0.1, 0.15) is 0 Å². The molecule has 1 heteroatoms. The molecule has 0 aromatic heterocycles. The lowest BCUT2D eigenvalue weighted by atomic mass is 10.0. The fourth-order valence-electron chi connectivity index (χ4n) is 0.539. The van der Waals surface area contributed by atoms with Crippen LogP contribution in [0.25, 0.3) is 0 Å². The summed E-state index contributed by atoms with van der Waals surface area (Å²) in [5.74, 6) is 0. The topological polar surface area (TPSA) is 20.2 Å². The summed E-state index contributed by atoms with van der Waals surface area (Å²) in [5.41, 5.74) is -0.700. The highest BCUT2D eigenvalue weighted by molar-refractivity contribution is 4.72. The monoisotopic (exact) mass is 101 g/mol. The molecule has 1 N–H and O–H groups in total. The quantitative estimate of drug-likeness (QED) is 0.557. The Labute approximate surface area is 45.4 Å². The van der Waals surface area contributed by atoms with Crippen molar-refractivity contribution in [2.24, 2.45) is 0 Å². The van der Waals surface area contributed by atoms with Crippen LogP contribution < -0.4 is 0 Å². The molecule has 0 aromatic carbocycles. The molecular weight excluding hydrogens is 88.1 g/mol. The lowest BCUT2D eigenvalue weighted by molar-refractivity contribution is 0.0980. The van der Waals surface area contributed by atoms with Crippen molar-refractivity contribution in [1.29, 1.82) is 0 Å². The molecule has 0 amide bonds. The molecule has 0 heterocycles. The molecule has 1 atom stereocenters. The van der Waals surface area contributed by atoms with Gasteiger partial charge in [-0.3, -0.25) is 0 Å². The third-order valence-electron chi connectivity index (χ3n) is 0.789. The molecule has 0 aliphatic carbocycles. The second-order valence-corrected chi connectivity index (χ2v) is 2.25. The maximum absolute atomic E-state index is 8.91. The zero-order chi connectivity index (χ0) is 5.91. The Hall–Kier alpha value is -0.0400. The number of hydrogen-bond acceptors (Lipinski definition) is 1. The summed E-state index contributed by atoms with van der Waals surface area (Å²) in [6.07, 6.45) is 1.78. The minimum absolute atomic E-state index is 0.700. The highest BCUT2D eigenvalue weighted by atomic mass is 16.3. The predicted octanol–water partition coefficient (Wildman–Crippen LogP) is 1.37. The average Bonchev–Trinajstić information content (AvgIpc) is 1.30. The molecule has 43 valence electrons. The van der Waals surface area contributed by atoms with E-state index in [0.717, 1.165) is 12.8 Å². The molecule has 0 aromatic rings. The minimum atomic E-state index is -0.700. The van der Waals surface area contributed by atoms with Crippen molar-refractivity contribution >= 4 is 0 Å². The van der Waals surface area contributed by atoms with E-state index in [0.29, 0.717) is 0 Å². The molecule has 0 saturated heterocycles. The number of rotatable bonds is 2. The van der Waals surface area contributed by atoms with Gasteiger partial charge in [-0.15, -0.1) is 0 Å². The van der Waals surface area contributed by atoms with Gasteiger partial charge in [-0.2, -0.15) is 0 Å². The summed E-state index contributed by atoms with van der Waals surface area (Å²) in [6, 6.07) is 0. The highest BCUT2D eigenvalue weighted by Crippen LogP contribution is 2.07. The third kappa shape index (κ3) is 5.96. The average molecular weight is 101 g/mol. The number of hydrogen-bond donors (Lipinski definition) is 1. The summed E-state index contributed by atoms with van der Waals surface area (Å²) in [4.78, 5) is 0. The van der Waals surface area contributed by atoms with Gasteiger partial charge in [-0.25, -0.2) is 0 Å². The van der Waals surface area contributed by atoms with Gasteiger partial charge in [-0.05, 0) is 20.3 Å². The Morgan fingerprint density at radius 1 is 1.71 bits per heavy atom. The first-order valence-electron chi connectivity index (χ1n) is 2.64. The van der Waals surface area contributed by atoms with Crippen LogP contribution in [0.5, 0.6) is 0 Å². The van der Waals surface area contributed by atoms with Crippen LogP contribution in [0.4, 0.5) is 0 Å². The van der Waals surface area contributed by atoms with E-state index >= 15 is 0 Å². The van der Waals surface area contributed by atoms with Crippen molar-refractivity contribution in [2.45, 2.75) is 32.3 Å². The van der Waals surface area contributed by atoms with Crippen LogP contribution >= 0.6 is 0 Å². The summed E-state index contributed by atoms with van der Waals surface area (Å²) < 4.78 is 0. The summed E-state index contributed by atoms with van der Waals surface area (Å²) >= 11 is 0. The second kappa shape index (κ2) is 2.31. The zero-order valence-electron chi connectivity index (χ0n) is 5.07. The van der Waals surface area contributed by atoms with Gasteiger partial charge in [0.2, 0.25) is 0 Å². The van der Waals surface area contributed by atoms with Crippen molar-refractivity contribution in [1.82, 2.24) is 0 Å². The first-order valence-corrected chi connectivity index (χ1v) is 2.64. The Balaban J connectivity index is 3.15. The van der Waals surface area contributed by atoms with Crippen molar-refractivity contribution in [3.8, 4) is 0 Å². The second-order valence-electron chi connectivity index (χ2n) is 2.25. The van der Waals surface area contributed by atoms with Gasteiger partial charge in [-0.1, -0.05) is 13.3 Å². The summed E-state index contributed by atoms with van der Waals surface area (Å²) in [5, 5.41) is 8.91. The molecule has 0 fully saturated rings. The molecular formula is C6H13O. The van der Waals surface area contributed by atoms with Gasteiger partial charge >= 0.3 is 0 Å². The van der Waals surface area contributed by atoms with E-state index in [1.807, 2.05) is 6.92 Å². The van der Waals surface area contributed by atoms with Gasteiger partial charge in [0.05, 0.1) is 5.60 Å². The van der Waals surface area contributed by atoms with Crippen molar-refractivity contribution < 1.29 is 5.11 Å². The molecule has 0 spiro atoms. The van der Waals surface area contributed by atoms with E-state index in [4.69, 9.17) is 5.11 Å². The van der Waals surface area contributed by atoms with E-state index in [-0.39, 0.29) is 0 Å². The summed E-state index contributed by atoms with van der Waals surface area (Å²) in [6.45, 7) is 7.26. The van der Waals surface area contributed by atoms with Gasteiger partial charge in [0.25, 0.3) is 0 Å². The number of aliphatic hydroxyl groups is 1. The van der Waals surface area contributed by atoms with E-state index in [9.17, 15) is 0 Å². The fraction of sp³-hybridized carbons (Fsp3) is 0.833. The minimum Gasteiger partial charge on any atom is -0.390 e. The van der Waals surface area contributed by atoms with Crippen molar-refractivity contribution in [3.05, 3.63) is 6.92 Å². The third-order valence-corrected chi connectivity index (χ3v) is 0.789. The Bertz CT molecular complexity index is 42.6. The molecule has 0 aliphatic heterocycles. The molecule has 7 heavy (non-hydrogen) atoms. The molecule has 0 bridgehead atoms. The van der Waals surface area contributed by atoms with Gasteiger partial charge in [0, 0.05) is 0 Å². The van der Waals surface area contributed by atoms with Crippen LogP contribution in [0.3, 0.4) is 0 Å².